The van der Waals surface area contributed by atoms with E-state index < -0.39 is 23.4 Å². The minimum absolute atomic E-state index is 0.0903. The molecule has 0 spiro atoms. The van der Waals surface area contributed by atoms with Crippen molar-refractivity contribution in [1.29, 1.82) is 0 Å². The first-order valence-electron chi connectivity index (χ1n) is 7.48. The van der Waals surface area contributed by atoms with Crippen LogP contribution in [0.2, 0.25) is 0 Å². The predicted molar refractivity (Wildman–Crippen MR) is 87.0 cm³/mol. The zero-order valence-electron chi connectivity index (χ0n) is 13.8. The molecule has 0 aliphatic heterocycles. The van der Waals surface area contributed by atoms with E-state index in [1.165, 1.54) is 24.3 Å². The van der Waals surface area contributed by atoms with Crippen molar-refractivity contribution in [2.45, 2.75) is 26.7 Å². The Bertz CT molecular complexity index is 779. The van der Waals surface area contributed by atoms with Crippen LogP contribution in [0.15, 0.2) is 28.8 Å². The summed E-state index contributed by atoms with van der Waals surface area (Å²) in [5.41, 5.74) is 1.67. The molecule has 0 saturated carbocycles. The SMILES string of the molecule is Cc1noc(C)c1CCC(=O)OCC(=O)Nc1cccc([N+](=O)[O-])c1. The molecule has 0 aliphatic rings. The summed E-state index contributed by atoms with van der Waals surface area (Å²) in [4.78, 5) is 33.6. The molecule has 9 heteroatoms. The molecule has 9 nitrogen and oxygen atoms in total. The Morgan fingerprint density at radius 3 is 2.76 bits per heavy atom. The molecule has 0 fully saturated rings. The van der Waals surface area contributed by atoms with Crippen molar-refractivity contribution in [1.82, 2.24) is 5.16 Å². The molecule has 0 unspecified atom stereocenters. The van der Waals surface area contributed by atoms with Gasteiger partial charge in [-0.15, -0.1) is 0 Å². The molecule has 25 heavy (non-hydrogen) atoms. The number of nitro groups is 1. The number of benzene rings is 1. The van der Waals surface area contributed by atoms with Gasteiger partial charge in [-0.25, -0.2) is 0 Å². The Morgan fingerprint density at radius 2 is 2.12 bits per heavy atom. The summed E-state index contributed by atoms with van der Waals surface area (Å²) in [6, 6.07) is 5.48. The minimum atomic E-state index is -0.578. The Labute approximate surface area is 143 Å². The Balaban J connectivity index is 1.78. The fourth-order valence-electron chi connectivity index (χ4n) is 2.20. The standard InChI is InChI=1S/C16H17N3O6/c1-10-14(11(2)25-18-10)6-7-16(21)24-9-15(20)17-12-4-3-5-13(8-12)19(22)23/h3-5,8H,6-7,9H2,1-2H3,(H,17,20). The number of non-ortho nitro benzene ring substituents is 1. The van der Waals surface area contributed by atoms with Gasteiger partial charge in [0.05, 0.1) is 10.6 Å². The van der Waals surface area contributed by atoms with Crippen LogP contribution >= 0.6 is 0 Å². The highest BCUT2D eigenvalue weighted by Crippen LogP contribution is 2.17. The van der Waals surface area contributed by atoms with Gasteiger partial charge in [0, 0.05) is 29.8 Å². The molecule has 2 aromatic rings. The van der Waals surface area contributed by atoms with E-state index in [0.717, 1.165) is 5.56 Å². The highest BCUT2D eigenvalue weighted by molar-refractivity contribution is 5.93. The van der Waals surface area contributed by atoms with E-state index in [0.29, 0.717) is 17.9 Å². The van der Waals surface area contributed by atoms with Gasteiger partial charge < -0.3 is 14.6 Å². The molecule has 0 atom stereocenters. The number of hydrogen-bond acceptors (Lipinski definition) is 7. The van der Waals surface area contributed by atoms with Crippen molar-refractivity contribution in [2.24, 2.45) is 0 Å². The molecule has 1 heterocycles. The van der Waals surface area contributed by atoms with E-state index >= 15 is 0 Å². The number of carbonyl (C=O) groups is 2. The summed E-state index contributed by atoms with van der Waals surface area (Å²) >= 11 is 0. The van der Waals surface area contributed by atoms with Crippen LogP contribution < -0.4 is 5.32 Å². The maximum atomic E-state index is 11.8. The number of amides is 1. The third-order valence-electron chi connectivity index (χ3n) is 3.47. The van der Waals surface area contributed by atoms with Crippen LogP contribution in [0.5, 0.6) is 0 Å². The summed E-state index contributed by atoms with van der Waals surface area (Å²) < 4.78 is 9.90. The second-order valence-electron chi connectivity index (χ2n) is 5.32. The molecule has 132 valence electrons. The lowest BCUT2D eigenvalue weighted by Crippen LogP contribution is -2.21. The summed E-state index contributed by atoms with van der Waals surface area (Å²) in [7, 11) is 0. The number of esters is 1. The molecule has 1 amide bonds. The number of hydrogen-bond donors (Lipinski definition) is 1. The number of nitrogens with one attached hydrogen (secondary N) is 1. The number of aromatic nitrogens is 1. The van der Waals surface area contributed by atoms with Gasteiger partial charge in [0.15, 0.2) is 6.61 Å². The predicted octanol–water partition coefficient (Wildman–Crippen LogP) is 2.31. The van der Waals surface area contributed by atoms with Crippen LogP contribution in [0.3, 0.4) is 0 Å². The van der Waals surface area contributed by atoms with E-state index in [1.54, 1.807) is 13.8 Å². The van der Waals surface area contributed by atoms with Crippen molar-refractivity contribution in [2.75, 3.05) is 11.9 Å². The number of carbonyl (C=O) groups excluding carboxylic acids is 2. The molecule has 1 aromatic heterocycles. The molecule has 0 saturated heterocycles. The quantitative estimate of drug-likeness (QED) is 0.463. The first-order chi connectivity index (χ1) is 11.9. The van der Waals surface area contributed by atoms with Gasteiger partial charge in [0.25, 0.3) is 11.6 Å². The molecule has 2 rings (SSSR count). The summed E-state index contributed by atoms with van der Waals surface area (Å²) in [6.07, 6.45) is 0.499. The van der Waals surface area contributed by atoms with Gasteiger partial charge in [-0.05, 0) is 26.3 Å². The van der Waals surface area contributed by atoms with E-state index in [-0.39, 0.29) is 17.8 Å². The fourth-order valence-corrected chi connectivity index (χ4v) is 2.20. The summed E-state index contributed by atoms with van der Waals surface area (Å²) in [6.45, 7) is 3.07. The Morgan fingerprint density at radius 1 is 1.36 bits per heavy atom. The van der Waals surface area contributed by atoms with E-state index in [2.05, 4.69) is 10.5 Å². The van der Waals surface area contributed by atoms with Crippen LogP contribution in [0.4, 0.5) is 11.4 Å². The van der Waals surface area contributed by atoms with Crippen LogP contribution in [0.25, 0.3) is 0 Å². The lowest BCUT2D eigenvalue weighted by molar-refractivity contribution is -0.384. The topological polar surface area (TPSA) is 125 Å². The fraction of sp³-hybridized carbons (Fsp3) is 0.312. The first-order valence-corrected chi connectivity index (χ1v) is 7.48. The number of nitro benzene ring substituents is 1. The summed E-state index contributed by atoms with van der Waals surface area (Å²) in [5, 5.41) is 16.9. The zero-order chi connectivity index (χ0) is 18.4. The zero-order valence-corrected chi connectivity index (χ0v) is 13.8. The van der Waals surface area contributed by atoms with Crippen LogP contribution in [-0.2, 0) is 20.7 Å². The highest BCUT2D eigenvalue weighted by atomic mass is 16.6. The maximum absolute atomic E-state index is 11.8. The number of nitrogens with zero attached hydrogens (tertiary/aromatic N) is 2. The van der Waals surface area contributed by atoms with Crippen molar-refractivity contribution in [3.63, 3.8) is 0 Å². The molecular formula is C16H17N3O6. The average Bonchev–Trinajstić information content (AvgIpc) is 2.89. The van der Waals surface area contributed by atoms with Crippen LogP contribution in [0, 0.1) is 24.0 Å². The largest absolute Gasteiger partial charge is 0.456 e. The average molecular weight is 347 g/mol. The monoisotopic (exact) mass is 347 g/mol. The van der Waals surface area contributed by atoms with Crippen molar-refractivity contribution < 1.29 is 23.8 Å². The van der Waals surface area contributed by atoms with Crippen molar-refractivity contribution in [3.05, 3.63) is 51.4 Å². The Hall–Kier alpha value is -3.23. The first kappa shape index (κ1) is 18.1. The molecule has 0 radical (unpaired) electrons. The maximum Gasteiger partial charge on any atom is 0.306 e. The van der Waals surface area contributed by atoms with Gasteiger partial charge in [-0.1, -0.05) is 11.2 Å². The van der Waals surface area contributed by atoms with E-state index in [4.69, 9.17) is 9.26 Å². The van der Waals surface area contributed by atoms with E-state index in [1.807, 2.05) is 0 Å². The molecule has 0 bridgehead atoms. The van der Waals surface area contributed by atoms with Gasteiger partial charge in [-0.2, -0.15) is 0 Å². The number of rotatable bonds is 7. The lowest BCUT2D eigenvalue weighted by atomic mass is 10.1. The van der Waals surface area contributed by atoms with Crippen molar-refractivity contribution in [3.8, 4) is 0 Å². The number of ether oxygens (including phenoxy) is 1. The molecule has 1 N–H and O–H groups in total. The minimum Gasteiger partial charge on any atom is -0.456 e. The van der Waals surface area contributed by atoms with Crippen molar-refractivity contribution >= 4 is 23.3 Å². The van der Waals surface area contributed by atoms with Gasteiger partial charge in [0.1, 0.15) is 5.76 Å². The third kappa shape index (κ3) is 5.13. The number of aryl methyl sites for hydroxylation is 2. The van der Waals surface area contributed by atoms with Gasteiger partial charge >= 0.3 is 5.97 Å². The van der Waals surface area contributed by atoms with E-state index in [9.17, 15) is 19.7 Å². The smallest absolute Gasteiger partial charge is 0.306 e. The summed E-state index contributed by atoms with van der Waals surface area (Å²) in [5.74, 6) is -0.464. The second kappa shape index (κ2) is 8.04. The van der Waals surface area contributed by atoms with Crippen LogP contribution in [-0.4, -0.2) is 28.6 Å². The molecular weight excluding hydrogens is 330 g/mol. The van der Waals surface area contributed by atoms with Gasteiger partial charge in [0.2, 0.25) is 0 Å². The normalized spacial score (nSPS) is 10.3. The third-order valence-corrected chi connectivity index (χ3v) is 3.47. The Kier molecular flexibility index (Phi) is 5.83. The van der Waals surface area contributed by atoms with Crippen LogP contribution in [0.1, 0.15) is 23.4 Å². The highest BCUT2D eigenvalue weighted by Gasteiger charge is 2.14. The lowest BCUT2D eigenvalue weighted by Gasteiger charge is -2.06. The number of anilines is 1. The molecule has 0 aliphatic carbocycles. The van der Waals surface area contributed by atoms with Gasteiger partial charge in [-0.3, -0.25) is 19.7 Å². The second-order valence-corrected chi connectivity index (χ2v) is 5.32. The molecule has 1 aromatic carbocycles.